The summed E-state index contributed by atoms with van der Waals surface area (Å²) in [7, 11) is 0. The van der Waals surface area contributed by atoms with Gasteiger partial charge in [0.1, 0.15) is 0 Å². The van der Waals surface area contributed by atoms with Gasteiger partial charge in [0.05, 0.1) is 12.8 Å². The quantitative estimate of drug-likeness (QED) is 0.912. The first-order chi connectivity index (χ1) is 10.7. The minimum Gasteiger partial charge on any atom is -0.392 e. The van der Waals surface area contributed by atoms with Crippen LogP contribution in [0.1, 0.15) is 11.1 Å². The summed E-state index contributed by atoms with van der Waals surface area (Å²) in [5.41, 5.74) is 3.02. The van der Waals surface area contributed by atoms with Crippen LogP contribution in [0, 0.1) is 6.92 Å². The monoisotopic (exact) mass is 300 g/mol. The molecule has 0 radical (unpaired) electrons. The first-order valence-electron chi connectivity index (χ1n) is 7.42. The van der Waals surface area contributed by atoms with Crippen LogP contribution in [0.2, 0.25) is 0 Å². The van der Waals surface area contributed by atoms with Crippen molar-refractivity contribution < 1.29 is 9.90 Å². The van der Waals surface area contributed by atoms with Crippen LogP contribution in [-0.2, 0) is 6.61 Å². The fraction of sp³-hybridized carbons (Fsp3) is 0.375. The van der Waals surface area contributed by atoms with Crippen molar-refractivity contribution in [3.05, 3.63) is 47.8 Å². The van der Waals surface area contributed by atoms with Crippen molar-refractivity contribution in [2.75, 3.05) is 31.1 Å². The number of nitrogens with zero attached hydrogens (tertiary/aromatic N) is 4. The van der Waals surface area contributed by atoms with E-state index in [-0.39, 0.29) is 12.6 Å². The number of hydrogen-bond acceptors (Lipinski definition) is 4. The Morgan fingerprint density at radius 2 is 1.86 bits per heavy atom. The number of benzene rings is 1. The minimum absolute atomic E-state index is 0.0614. The normalized spacial score (nSPS) is 15.2. The van der Waals surface area contributed by atoms with Crippen molar-refractivity contribution in [2.24, 2.45) is 0 Å². The van der Waals surface area contributed by atoms with E-state index in [0.29, 0.717) is 13.1 Å². The second-order valence-electron chi connectivity index (χ2n) is 5.54. The lowest BCUT2D eigenvalue weighted by Crippen LogP contribution is -2.50. The van der Waals surface area contributed by atoms with E-state index in [1.54, 1.807) is 12.4 Å². The molecule has 1 saturated heterocycles. The summed E-state index contributed by atoms with van der Waals surface area (Å²) < 4.78 is 1.40. The second kappa shape index (κ2) is 6.19. The molecule has 1 fully saturated rings. The van der Waals surface area contributed by atoms with Crippen molar-refractivity contribution in [1.29, 1.82) is 0 Å². The second-order valence-corrected chi connectivity index (χ2v) is 5.54. The summed E-state index contributed by atoms with van der Waals surface area (Å²) >= 11 is 0. The Morgan fingerprint density at radius 1 is 1.18 bits per heavy atom. The zero-order chi connectivity index (χ0) is 15.5. The van der Waals surface area contributed by atoms with Crippen LogP contribution in [0.5, 0.6) is 0 Å². The third kappa shape index (κ3) is 2.96. The molecule has 1 aliphatic rings. The number of amides is 1. The zero-order valence-electron chi connectivity index (χ0n) is 12.6. The number of carbonyl (C=O) groups is 1. The molecule has 0 saturated carbocycles. The average molecular weight is 300 g/mol. The lowest BCUT2D eigenvalue weighted by Gasteiger charge is -2.35. The third-order valence-corrected chi connectivity index (χ3v) is 3.94. The lowest BCUT2D eigenvalue weighted by atomic mass is 10.2. The van der Waals surface area contributed by atoms with Crippen LogP contribution in [-0.4, -0.2) is 52.0 Å². The van der Waals surface area contributed by atoms with E-state index < -0.39 is 0 Å². The summed E-state index contributed by atoms with van der Waals surface area (Å²) in [6, 6.07) is 7.82. The first kappa shape index (κ1) is 14.6. The van der Waals surface area contributed by atoms with Crippen molar-refractivity contribution in [3.8, 4) is 0 Å². The molecule has 1 amide bonds. The van der Waals surface area contributed by atoms with E-state index in [4.69, 9.17) is 5.11 Å². The molecule has 1 N–H and O–H groups in total. The van der Waals surface area contributed by atoms with E-state index in [9.17, 15) is 4.79 Å². The van der Waals surface area contributed by atoms with Gasteiger partial charge in [-0.1, -0.05) is 12.1 Å². The largest absolute Gasteiger partial charge is 0.392 e. The number of aliphatic hydroxyl groups excluding tert-OH is 1. The summed E-state index contributed by atoms with van der Waals surface area (Å²) in [6.07, 6.45) is 3.44. The Morgan fingerprint density at radius 3 is 2.41 bits per heavy atom. The Balaban J connectivity index is 1.61. The van der Waals surface area contributed by atoms with Crippen LogP contribution in [0.4, 0.5) is 10.5 Å². The zero-order valence-corrected chi connectivity index (χ0v) is 12.6. The molecule has 0 spiro atoms. The SMILES string of the molecule is Cc1cnn(C(=O)N2CCN(c3ccc(CO)cc3)CC2)c1. The summed E-state index contributed by atoms with van der Waals surface area (Å²) in [6.45, 7) is 4.94. The standard InChI is InChI=1S/C16H20N4O2/c1-13-10-17-20(11-13)16(22)19-8-6-18(7-9-19)15-4-2-14(12-21)3-5-15/h2-5,10-11,21H,6-9,12H2,1H3. The van der Waals surface area contributed by atoms with Crippen molar-refractivity contribution in [2.45, 2.75) is 13.5 Å². The number of hydrogen-bond donors (Lipinski definition) is 1. The number of piperazine rings is 1. The van der Waals surface area contributed by atoms with Gasteiger partial charge in [0.15, 0.2) is 0 Å². The summed E-state index contributed by atoms with van der Waals surface area (Å²) in [5, 5.41) is 13.2. The van der Waals surface area contributed by atoms with E-state index >= 15 is 0 Å². The maximum atomic E-state index is 12.3. The number of aliphatic hydroxyl groups is 1. The molecule has 1 aromatic heterocycles. The molecule has 116 valence electrons. The highest BCUT2D eigenvalue weighted by molar-refractivity contribution is 5.76. The Labute approximate surface area is 129 Å². The van der Waals surface area contributed by atoms with Crippen molar-refractivity contribution in [1.82, 2.24) is 14.7 Å². The van der Waals surface area contributed by atoms with Gasteiger partial charge in [0, 0.05) is 38.1 Å². The van der Waals surface area contributed by atoms with Crippen LogP contribution in [0.3, 0.4) is 0 Å². The van der Waals surface area contributed by atoms with Crippen LogP contribution < -0.4 is 4.90 Å². The topological polar surface area (TPSA) is 61.6 Å². The van der Waals surface area contributed by atoms with Gasteiger partial charge >= 0.3 is 6.03 Å². The predicted octanol–water partition coefficient (Wildman–Crippen LogP) is 1.47. The molecule has 0 unspecified atom stereocenters. The van der Waals surface area contributed by atoms with Crippen LogP contribution in [0.25, 0.3) is 0 Å². The van der Waals surface area contributed by atoms with E-state index in [1.165, 1.54) is 4.68 Å². The molecule has 0 bridgehead atoms. The molecule has 1 aliphatic heterocycles. The number of aryl methyl sites for hydroxylation is 1. The summed E-state index contributed by atoms with van der Waals surface area (Å²) in [5.74, 6) is 0. The van der Waals surface area contributed by atoms with E-state index in [2.05, 4.69) is 10.00 Å². The minimum atomic E-state index is -0.0663. The van der Waals surface area contributed by atoms with Gasteiger partial charge in [-0.3, -0.25) is 0 Å². The van der Waals surface area contributed by atoms with Gasteiger partial charge < -0.3 is 14.9 Å². The Hall–Kier alpha value is -2.34. The van der Waals surface area contributed by atoms with Gasteiger partial charge in [-0.15, -0.1) is 0 Å². The maximum absolute atomic E-state index is 12.3. The van der Waals surface area contributed by atoms with E-state index in [1.807, 2.05) is 36.1 Å². The molecule has 2 heterocycles. The summed E-state index contributed by atoms with van der Waals surface area (Å²) in [4.78, 5) is 16.4. The Bertz CT molecular complexity index is 642. The van der Waals surface area contributed by atoms with Gasteiger partial charge in [0.25, 0.3) is 0 Å². The molecular formula is C16H20N4O2. The Kier molecular flexibility index (Phi) is 4.11. The smallest absolute Gasteiger partial charge is 0.344 e. The first-order valence-corrected chi connectivity index (χ1v) is 7.42. The number of rotatable bonds is 2. The molecule has 0 aliphatic carbocycles. The molecule has 3 rings (SSSR count). The van der Waals surface area contributed by atoms with E-state index in [0.717, 1.165) is 29.9 Å². The molecule has 6 heteroatoms. The number of anilines is 1. The molecule has 1 aromatic carbocycles. The molecule has 6 nitrogen and oxygen atoms in total. The molecule has 2 aromatic rings. The van der Waals surface area contributed by atoms with Gasteiger partial charge in [-0.05, 0) is 30.2 Å². The molecule has 0 atom stereocenters. The highest BCUT2D eigenvalue weighted by Gasteiger charge is 2.22. The lowest BCUT2D eigenvalue weighted by molar-refractivity contribution is 0.192. The van der Waals surface area contributed by atoms with Crippen molar-refractivity contribution >= 4 is 11.7 Å². The highest BCUT2D eigenvalue weighted by Crippen LogP contribution is 2.17. The third-order valence-electron chi connectivity index (χ3n) is 3.94. The van der Waals surface area contributed by atoms with Gasteiger partial charge in [-0.2, -0.15) is 9.78 Å². The fourth-order valence-electron chi connectivity index (χ4n) is 2.63. The van der Waals surface area contributed by atoms with Crippen LogP contribution >= 0.6 is 0 Å². The average Bonchev–Trinajstić information content (AvgIpc) is 3.01. The van der Waals surface area contributed by atoms with Gasteiger partial charge in [-0.25, -0.2) is 4.79 Å². The predicted molar refractivity (Wildman–Crippen MR) is 83.9 cm³/mol. The highest BCUT2D eigenvalue weighted by atomic mass is 16.3. The maximum Gasteiger partial charge on any atom is 0.344 e. The molecular weight excluding hydrogens is 280 g/mol. The number of aromatic nitrogens is 2. The van der Waals surface area contributed by atoms with Crippen molar-refractivity contribution in [3.63, 3.8) is 0 Å². The fourth-order valence-corrected chi connectivity index (χ4v) is 2.63. The van der Waals surface area contributed by atoms with Crippen LogP contribution in [0.15, 0.2) is 36.7 Å². The van der Waals surface area contributed by atoms with Gasteiger partial charge in [0.2, 0.25) is 0 Å². The molecule has 22 heavy (non-hydrogen) atoms. The number of carbonyl (C=O) groups excluding carboxylic acids is 1.